The largest absolute Gasteiger partial charge is 0.381 e. The van der Waals surface area contributed by atoms with E-state index in [0.717, 1.165) is 36.4 Å². The first-order valence-corrected chi connectivity index (χ1v) is 13.9. The maximum atomic E-state index is 12.8. The number of halogens is 1. The first-order valence-electron chi connectivity index (χ1n) is 13.9. The molecule has 0 spiro atoms. The van der Waals surface area contributed by atoms with Crippen LogP contribution in [0, 0.1) is 25.7 Å². The van der Waals surface area contributed by atoms with Crippen LogP contribution in [0.1, 0.15) is 70.7 Å². The first-order chi connectivity index (χ1) is 17.5. The molecule has 3 saturated heterocycles. The zero-order valence-electron chi connectivity index (χ0n) is 24.9. The molecule has 3 aliphatic heterocycles. The molecule has 2 aromatic heterocycles. The van der Waals surface area contributed by atoms with E-state index in [2.05, 4.69) is 35.9 Å². The van der Waals surface area contributed by atoms with E-state index >= 15 is 0 Å². The van der Waals surface area contributed by atoms with Crippen LogP contribution in [-0.4, -0.2) is 76.5 Å². The molecule has 8 heteroatoms. The average molecular weight is 524 g/mol. The maximum absolute atomic E-state index is 12.8. The van der Waals surface area contributed by atoms with Crippen LogP contribution >= 0.6 is 0 Å². The summed E-state index contributed by atoms with van der Waals surface area (Å²) in [5.74, 6) is 1.89. The highest BCUT2D eigenvalue weighted by molar-refractivity contribution is 4.93. The van der Waals surface area contributed by atoms with Crippen LogP contribution < -0.4 is 0 Å². The van der Waals surface area contributed by atoms with E-state index < -0.39 is 5.67 Å². The highest BCUT2D eigenvalue weighted by Gasteiger charge is 2.25. The fourth-order valence-electron chi connectivity index (χ4n) is 3.82. The molecular formula is C29H54FN5O2. The normalized spacial score (nSPS) is 20.0. The van der Waals surface area contributed by atoms with E-state index in [9.17, 15) is 4.39 Å². The first kappa shape index (κ1) is 33.3. The summed E-state index contributed by atoms with van der Waals surface area (Å²) in [6.07, 6.45) is 12.1. The number of rotatable bonds is 0. The summed E-state index contributed by atoms with van der Waals surface area (Å²) in [5.41, 5.74) is 1.20. The van der Waals surface area contributed by atoms with E-state index in [1.54, 1.807) is 17.9 Å². The summed E-state index contributed by atoms with van der Waals surface area (Å²) in [7, 11) is 6.07. The van der Waals surface area contributed by atoms with Crippen molar-refractivity contribution in [3.63, 3.8) is 0 Å². The smallest absolute Gasteiger partial charge is 0.112 e. The van der Waals surface area contributed by atoms with Crippen molar-refractivity contribution >= 4 is 0 Å². The minimum atomic E-state index is -0.946. The fourth-order valence-corrected chi connectivity index (χ4v) is 3.82. The Hall–Kier alpha value is -1.77. The van der Waals surface area contributed by atoms with Gasteiger partial charge in [0.05, 0.1) is 17.7 Å². The molecule has 0 atom stereocenters. The van der Waals surface area contributed by atoms with Gasteiger partial charge in [-0.3, -0.25) is 4.68 Å². The molecule has 0 amide bonds. The van der Waals surface area contributed by atoms with Crippen LogP contribution in [0.15, 0.2) is 24.8 Å². The van der Waals surface area contributed by atoms with Crippen molar-refractivity contribution in [3.8, 4) is 0 Å². The predicted octanol–water partition coefficient (Wildman–Crippen LogP) is 5.76. The monoisotopic (exact) mass is 523 g/mol. The molecule has 5 rings (SSSR count). The number of hydrogen-bond donors (Lipinski definition) is 0. The molecule has 3 aliphatic rings. The predicted molar refractivity (Wildman–Crippen MR) is 151 cm³/mol. The van der Waals surface area contributed by atoms with Gasteiger partial charge in [0.15, 0.2) is 0 Å². The van der Waals surface area contributed by atoms with Crippen molar-refractivity contribution in [2.45, 2.75) is 78.8 Å². The molecule has 0 N–H and O–H groups in total. The Morgan fingerprint density at radius 3 is 1.65 bits per heavy atom. The van der Waals surface area contributed by atoms with Crippen molar-refractivity contribution in [1.29, 1.82) is 0 Å². The zero-order valence-corrected chi connectivity index (χ0v) is 24.9. The molecule has 0 radical (unpaired) electrons. The van der Waals surface area contributed by atoms with E-state index in [-0.39, 0.29) is 0 Å². The maximum Gasteiger partial charge on any atom is 0.112 e. The van der Waals surface area contributed by atoms with Crippen molar-refractivity contribution in [2.24, 2.45) is 25.9 Å². The number of imidazole rings is 1. The van der Waals surface area contributed by atoms with Gasteiger partial charge in [-0.15, -0.1) is 0 Å². The lowest BCUT2D eigenvalue weighted by molar-refractivity contribution is 0.00200. The average Bonchev–Trinajstić information content (AvgIpc) is 3.43. The summed E-state index contributed by atoms with van der Waals surface area (Å²) in [4.78, 5) is 6.38. The third-order valence-electron chi connectivity index (χ3n) is 6.73. The number of ether oxygens (including phenoxy) is 2. The lowest BCUT2D eigenvalue weighted by Crippen LogP contribution is -2.28. The molecule has 0 aromatic carbocycles. The van der Waals surface area contributed by atoms with Gasteiger partial charge in [0.25, 0.3) is 0 Å². The lowest BCUT2D eigenvalue weighted by Gasteiger charge is -2.26. The molecule has 214 valence electrons. The van der Waals surface area contributed by atoms with Gasteiger partial charge in [-0.05, 0) is 84.5 Å². The number of likely N-dealkylation sites (tertiary alicyclic amines) is 1. The number of nitrogens with zero attached hydrogens (tertiary/aromatic N) is 5. The van der Waals surface area contributed by atoms with Gasteiger partial charge in [-0.2, -0.15) is 5.10 Å². The zero-order chi connectivity index (χ0) is 27.7. The number of piperidine rings is 1. The van der Waals surface area contributed by atoms with Crippen LogP contribution in [0.5, 0.6) is 0 Å². The second-order valence-corrected chi connectivity index (χ2v) is 11.1. The number of hydrogen-bond acceptors (Lipinski definition) is 5. The van der Waals surface area contributed by atoms with Crippen LogP contribution in [0.2, 0.25) is 0 Å². The lowest BCUT2D eigenvalue weighted by atomic mass is 10.00. The van der Waals surface area contributed by atoms with Crippen LogP contribution in [0.25, 0.3) is 0 Å². The van der Waals surface area contributed by atoms with E-state index in [1.807, 2.05) is 51.0 Å². The van der Waals surface area contributed by atoms with Crippen LogP contribution in [0.4, 0.5) is 4.39 Å². The van der Waals surface area contributed by atoms with Crippen molar-refractivity contribution in [2.75, 3.05) is 46.6 Å². The summed E-state index contributed by atoms with van der Waals surface area (Å²) in [6.45, 7) is 16.0. The van der Waals surface area contributed by atoms with E-state index in [0.29, 0.717) is 26.1 Å². The fraction of sp³-hybridized carbons (Fsp3) is 0.793. The van der Waals surface area contributed by atoms with Gasteiger partial charge in [0.2, 0.25) is 0 Å². The Morgan fingerprint density at radius 1 is 0.865 bits per heavy atom. The Labute approximate surface area is 225 Å². The number of aromatic nitrogens is 4. The van der Waals surface area contributed by atoms with Gasteiger partial charge < -0.3 is 18.9 Å². The van der Waals surface area contributed by atoms with Gasteiger partial charge in [-0.1, -0.05) is 13.8 Å². The third kappa shape index (κ3) is 18.2. The van der Waals surface area contributed by atoms with Crippen molar-refractivity contribution < 1.29 is 13.9 Å². The molecule has 0 aliphatic carbocycles. The van der Waals surface area contributed by atoms with Gasteiger partial charge in [0.1, 0.15) is 5.67 Å². The summed E-state index contributed by atoms with van der Waals surface area (Å²) in [6, 6.07) is 1.97. The standard InChI is InChI=1S/C7H15N.C6H11FO.C6H12O.2C5H8N2/c1-7-3-5-8(2)6-4-7;1-6(7)2-4-8-5-3-6;1-6-2-4-7-5-3-6;1-5-3-7(2)4-6-5;1-5-3-4-7(2)6-5/h7H,3-6H2,1-2H3;2-5H2,1H3;6H,2-5H2,1H3;2*3-4H,1-2H3. The van der Waals surface area contributed by atoms with E-state index in [4.69, 9.17) is 9.47 Å². The SMILES string of the molecule is CC1(F)CCOCC1.CC1CCN(C)CC1.CC1CCOCC1.Cc1ccn(C)n1.Cc1cn(C)cn1. The molecule has 3 fully saturated rings. The molecule has 0 saturated carbocycles. The quantitative estimate of drug-likeness (QED) is 0.439. The molecule has 2 aromatic rings. The van der Waals surface area contributed by atoms with Crippen LogP contribution in [-0.2, 0) is 23.6 Å². The van der Waals surface area contributed by atoms with Gasteiger partial charge >= 0.3 is 0 Å². The van der Waals surface area contributed by atoms with Crippen molar-refractivity contribution in [1.82, 2.24) is 24.2 Å². The number of alkyl halides is 1. The number of aryl methyl sites for hydroxylation is 4. The minimum absolute atomic E-state index is 0.562. The van der Waals surface area contributed by atoms with Crippen LogP contribution in [0.3, 0.4) is 0 Å². The van der Waals surface area contributed by atoms with Gasteiger partial charge in [-0.25, -0.2) is 9.37 Å². The van der Waals surface area contributed by atoms with Gasteiger partial charge in [0, 0.05) is 65.8 Å². The Bertz CT molecular complexity index is 720. The summed E-state index contributed by atoms with van der Waals surface area (Å²) >= 11 is 0. The summed E-state index contributed by atoms with van der Waals surface area (Å²) < 4.78 is 26.6. The molecular weight excluding hydrogens is 469 g/mol. The topological polar surface area (TPSA) is 57.3 Å². The highest BCUT2D eigenvalue weighted by Crippen LogP contribution is 2.23. The molecule has 5 heterocycles. The second-order valence-electron chi connectivity index (χ2n) is 11.1. The van der Waals surface area contributed by atoms with Crippen molar-refractivity contribution in [3.05, 3.63) is 36.2 Å². The Balaban J connectivity index is 0.000000232. The third-order valence-corrected chi connectivity index (χ3v) is 6.73. The Kier molecular flexibility index (Phi) is 16.6. The molecule has 7 nitrogen and oxygen atoms in total. The summed E-state index contributed by atoms with van der Waals surface area (Å²) in [5, 5.41) is 4.03. The molecule has 0 unspecified atom stereocenters. The second kappa shape index (κ2) is 18.5. The molecule has 37 heavy (non-hydrogen) atoms. The molecule has 0 bridgehead atoms. The van der Waals surface area contributed by atoms with E-state index in [1.165, 1.54) is 38.8 Å². The minimum Gasteiger partial charge on any atom is -0.381 e. The highest BCUT2D eigenvalue weighted by atomic mass is 19.1. The Morgan fingerprint density at radius 2 is 1.41 bits per heavy atom.